The maximum atomic E-state index is 15.2. The van der Waals surface area contributed by atoms with E-state index in [0.29, 0.717) is 30.4 Å². The molecule has 3 aromatic carbocycles. The van der Waals surface area contributed by atoms with Gasteiger partial charge in [0.2, 0.25) is 21.8 Å². The average molecular weight is 684 g/mol. The van der Waals surface area contributed by atoms with Crippen LogP contribution in [0.5, 0.6) is 0 Å². The monoisotopic (exact) mass is 683 g/mol. The van der Waals surface area contributed by atoms with Crippen molar-refractivity contribution in [3.8, 4) is 0 Å². The number of aromatic nitrogens is 1. The molecule has 2 amide bonds. The number of carbonyl (C=O) groups is 2. The second-order valence-electron chi connectivity index (χ2n) is 11.4. The average Bonchev–Trinajstić information content (AvgIpc) is 3.03. The first-order chi connectivity index (χ1) is 22.9. The van der Waals surface area contributed by atoms with Gasteiger partial charge in [-0.2, -0.15) is 4.31 Å². The van der Waals surface area contributed by atoms with Gasteiger partial charge in [0.15, 0.2) is 0 Å². The number of nitrogens with one attached hydrogen (secondary N) is 3. The third-order valence-corrected chi connectivity index (χ3v) is 9.96. The molecule has 0 spiro atoms. The molecule has 1 aliphatic heterocycles. The summed E-state index contributed by atoms with van der Waals surface area (Å²) in [6.45, 7) is 2.17. The number of rotatable bonds is 11. The van der Waals surface area contributed by atoms with Crippen molar-refractivity contribution in [1.29, 1.82) is 0 Å². The van der Waals surface area contributed by atoms with Gasteiger partial charge in [-0.05, 0) is 66.4 Å². The minimum Gasteiger partial charge on any atom is -0.326 e. The van der Waals surface area contributed by atoms with Gasteiger partial charge in [0.25, 0.3) is 0 Å². The first kappa shape index (κ1) is 34.7. The molecule has 1 unspecified atom stereocenters. The fourth-order valence-corrected chi connectivity index (χ4v) is 7.50. The minimum atomic E-state index is -4.00. The van der Waals surface area contributed by atoms with Gasteiger partial charge in [-0.1, -0.05) is 18.2 Å². The molecule has 2 heterocycles. The fourth-order valence-electron chi connectivity index (χ4n) is 5.80. The summed E-state index contributed by atoms with van der Waals surface area (Å²) in [6, 6.07) is 13.4. The number of hydrogen-bond donors (Lipinski definition) is 3. The lowest BCUT2D eigenvalue weighted by molar-refractivity contribution is -0.116. The molecule has 1 saturated heterocycles. The molecule has 9 nitrogen and oxygen atoms in total. The van der Waals surface area contributed by atoms with Gasteiger partial charge >= 0.3 is 0 Å². The van der Waals surface area contributed by atoms with Gasteiger partial charge in [0.1, 0.15) is 23.3 Å². The Kier molecular flexibility index (Phi) is 10.9. The first-order valence-electron chi connectivity index (χ1n) is 15.1. The molecule has 0 bridgehead atoms. The molecule has 0 radical (unpaired) electrons. The topological polar surface area (TPSA) is 120 Å². The third-order valence-electron chi connectivity index (χ3n) is 8.01. The Labute approximate surface area is 275 Å². The Morgan fingerprint density at radius 3 is 2.38 bits per heavy atom. The number of pyridine rings is 1. The number of amides is 2. The Morgan fingerprint density at radius 1 is 0.938 bits per heavy atom. The van der Waals surface area contributed by atoms with E-state index in [0.717, 1.165) is 18.3 Å². The molecular weight excluding hydrogens is 650 g/mol. The summed E-state index contributed by atoms with van der Waals surface area (Å²) in [5, 5.41) is 8.40. The minimum absolute atomic E-state index is 0.00224. The van der Waals surface area contributed by atoms with E-state index in [1.54, 1.807) is 6.07 Å². The summed E-state index contributed by atoms with van der Waals surface area (Å²) >= 11 is 0. The van der Waals surface area contributed by atoms with Crippen LogP contribution in [-0.4, -0.2) is 55.2 Å². The van der Waals surface area contributed by atoms with Crippen LogP contribution >= 0.6 is 0 Å². The third kappa shape index (κ3) is 8.43. The van der Waals surface area contributed by atoms with Crippen molar-refractivity contribution < 1.29 is 35.6 Å². The predicted octanol–water partition coefficient (Wildman–Crippen LogP) is 5.35. The van der Waals surface area contributed by atoms with Crippen LogP contribution < -0.4 is 16.0 Å². The van der Waals surface area contributed by atoms with Crippen LogP contribution in [0.2, 0.25) is 0 Å². The van der Waals surface area contributed by atoms with E-state index < -0.39 is 51.2 Å². The van der Waals surface area contributed by atoms with Crippen LogP contribution in [0.1, 0.15) is 42.4 Å². The van der Waals surface area contributed by atoms with Crippen molar-refractivity contribution in [2.24, 2.45) is 0 Å². The van der Waals surface area contributed by atoms with Crippen molar-refractivity contribution in [1.82, 2.24) is 14.6 Å². The lowest BCUT2D eigenvalue weighted by atomic mass is 9.88. The number of anilines is 2. The van der Waals surface area contributed by atoms with Crippen molar-refractivity contribution in [2.45, 2.75) is 43.0 Å². The Balaban J connectivity index is 1.34. The van der Waals surface area contributed by atoms with E-state index in [2.05, 4.69) is 20.9 Å². The second kappa shape index (κ2) is 15.0. The summed E-state index contributed by atoms with van der Waals surface area (Å²) in [4.78, 5) is 28.7. The van der Waals surface area contributed by atoms with E-state index in [1.807, 2.05) is 0 Å². The van der Waals surface area contributed by atoms with E-state index in [1.165, 1.54) is 59.9 Å². The number of sulfonamides is 1. The number of carbonyl (C=O) groups excluding carboxylic acids is 2. The van der Waals surface area contributed by atoms with Gasteiger partial charge in [-0.25, -0.2) is 26.0 Å². The highest BCUT2D eigenvalue weighted by atomic mass is 32.2. The molecule has 0 saturated carbocycles. The molecule has 3 N–H and O–H groups in total. The number of hydrogen-bond acceptors (Lipinski definition) is 6. The zero-order valence-corrected chi connectivity index (χ0v) is 26.7. The standard InChI is InChI=1S/C34H33F4N5O4S/c1-21(44)41-27-3-2-4-29(16-27)48(46,47)43-12-11-39-18-28(43)9-10-30-32(38)19-40-20-33(30)42-34(45)17-31(22-5-7-24(35)8-6-22)23-13-25(36)15-26(37)14-23/h2-8,13-16,19-20,28,31,39H,9-12,17-18H2,1H3,(H,41,44)(H,42,45)/t28-,31?/m0/s1. The van der Waals surface area contributed by atoms with Crippen LogP contribution in [0.15, 0.2) is 84.0 Å². The van der Waals surface area contributed by atoms with Crippen molar-refractivity contribution >= 4 is 33.2 Å². The molecule has 1 aromatic heterocycles. The number of benzene rings is 3. The van der Waals surface area contributed by atoms with Gasteiger partial charge < -0.3 is 16.0 Å². The summed E-state index contributed by atoms with van der Waals surface area (Å²) in [7, 11) is -4.00. The number of halogens is 4. The Bertz CT molecular complexity index is 1890. The largest absolute Gasteiger partial charge is 0.326 e. The van der Waals surface area contributed by atoms with Crippen LogP contribution in [0.3, 0.4) is 0 Å². The quantitative estimate of drug-likeness (QED) is 0.184. The number of nitrogens with zero attached hydrogens (tertiary/aromatic N) is 2. The second-order valence-corrected chi connectivity index (χ2v) is 13.3. The molecule has 5 rings (SSSR count). The van der Waals surface area contributed by atoms with Crippen LogP contribution in [0, 0.1) is 23.3 Å². The van der Waals surface area contributed by atoms with E-state index in [9.17, 15) is 31.2 Å². The summed E-state index contributed by atoms with van der Waals surface area (Å²) < 4.78 is 85.9. The Morgan fingerprint density at radius 2 is 1.67 bits per heavy atom. The maximum absolute atomic E-state index is 15.2. The van der Waals surface area contributed by atoms with Crippen LogP contribution in [-0.2, 0) is 26.0 Å². The van der Waals surface area contributed by atoms with Crippen molar-refractivity contribution in [2.75, 3.05) is 30.3 Å². The molecule has 48 heavy (non-hydrogen) atoms. The van der Waals surface area contributed by atoms with Gasteiger partial charge in [-0.3, -0.25) is 14.6 Å². The molecule has 2 atom stereocenters. The van der Waals surface area contributed by atoms with E-state index in [4.69, 9.17) is 0 Å². The molecule has 252 valence electrons. The highest BCUT2D eigenvalue weighted by Crippen LogP contribution is 2.31. The normalized spacial score (nSPS) is 15.9. The summed E-state index contributed by atoms with van der Waals surface area (Å²) in [5.74, 6) is -4.76. The van der Waals surface area contributed by atoms with Gasteiger partial charge in [0, 0.05) is 62.3 Å². The lowest BCUT2D eigenvalue weighted by Gasteiger charge is -2.35. The highest BCUT2D eigenvalue weighted by Gasteiger charge is 2.34. The van der Waals surface area contributed by atoms with Gasteiger partial charge in [0.05, 0.1) is 23.0 Å². The Hall–Kier alpha value is -4.66. The first-order valence-corrected chi connectivity index (χ1v) is 16.6. The fraction of sp³-hybridized carbons (Fsp3) is 0.265. The maximum Gasteiger partial charge on any atom is 0.243 e. The summed E-state index contributed by atoms with van der Waals surface area (Å²) in [6.07, 6.45) is 2.16. The molecule has 0 aliphatic carbocycles. The van der Waals surface area contributed by atoms with Crippen molar-refractivity contribution in [3.05, 3.63) is 119 Å². The highest BCUT2D eigenvalue weighted by molar-refractivity contribution is 7.89. The predicted molar refractivity (Wildman–Crippen MR) is 172 cm³/mol. The summed E-state index contributed by atoms with van der Waals surface area (Å²) in [5.41, 5.74) is 1.08. The van der Waals surface area contributed by atoms with Crippen molar-refractivity contribution in [3.63, 3.8) is 0 Å². The SMILES string of the molecule is CC(=O)Nc1cccc(S(=O)(=O)N2CCNC[C@@H]2CCc2c(F)cncc2NC(=O)CC(c2ccc(F)cc2)c2cc(F)cc(F)c2)c1. The van der Waals surface area contributed by atoms with E-state index in [-0.39, 0.29) is 53.4 Å². The smallest absolute Gasteiger partial charge is 0.243 e. The van der Waals surface area contributed by atoms with Gasteiger partial charge in [-0.15, -0.1) is 0 Å². The molecule has 1 fully saturated rings. The zero-order valence-electron chi connectivity index (χ0n) is 25.9. The lowest BCUT2D eigenvalue weighted by Crippen LogP contribution is -2.53. The molecule has 1 aliphatic rings. The van der Waals surface area contributed by atoms with Crippen LogP contribution in [0.4, 0.5) is 28.9 Å². The van der Waals surface area contributed by atoms with Crippen LogP contribution in [0.25, 0.3) is 0 Å². The molecular formula is C34H33F4N5O4S. The molecule has 14 heteroatoms. The zero-order chi connectivity index (χ0) is 34.4. The molecule has 4 aromatic rings. The van der Waals surface area contributed by atoms with E-state index >= 15 is 4.39 Å². The number of piperazine rings is 1.